The minimum absolute atomic E-state index is 0.0854. The highest BCUT2D eigenvalue weighted by Crippen LogP contribution is 2.23. The van der Waals surface area contributed by atoms with E-state index in [0.717, 1.165) is 24.3 Å². The number of amides is 1. The first-order valence-corrected chi connectivity index (χ1v) is 5.74. The van der Waals surface area contributed by atoms with Gasteiger partial charge in [-0.25, -0.2) is 9.18 Å². The Balaban J connectivity index is 2.34. The number of hydrogen-bond acceptors (Lipinski definition) is 4. The van der Waals surface area contributed by atoms with E-state index in [4.69, 9.17) is 10.2 Å². The average Bonchev–Trinajstić information content (AvgIpc) is 2.40. The van der Waals surface area contributed by atoms with Gasteiger partial charge < -0.3 is 20.6 Å². The van der Waals surface area contributed by atoms with Crippen LogP contribution in [0.5, 0.6) is 11.5 Å². The molecule has 0 radical (unpaired) electrons. The lowest BCUT2D eigenvalue weighted by Crippen LogP contribution is -2.16. The predicted molar refractivity (Wildman–Crippen MR) is 71.1 cm³/mol. The van der Waals surface area contributed by atoms with E-state index in [0.29, 0.717) is 0 Å². The molecule has 0 fully saturated rings. The first-order chi connectivity index (χ1) is 9.88. The number of carboxylic acids is 1. The number of phenolic OH excluding ortho intramolecular Hbond substituents is 2. The number of phenols is 2. The number of anilines is 1. The number of rotatable bonds is 3. The molecule has 0 atom stereocenters. The van der Waals surface area contributed by atoms with Crippen LogP contribution in [0, 0.1) is 5.82 Å². The Bertz CT molecular complexity index is 729. The summed E-state index contributed by atoms with van der Waals surface area (Å²) in [6, 6.07) is 6.31. The van der Waals surface area contributed by atoms with Crippen LogP contribution in [0.4, 0.5) is 10.1 Å². The second-order valence-corrected chi connectivity index (χ2v) is 4.15. The average molecular weight is 291 g/mol. The number of hydrogen-bond donors (Lipinski definition) is 4. The van der Waals surface area contributed by atoms with Gasteiger partial charge in [-0.3, -0.25) is 4.79 Å². The third-order valence-corrected chi connectivity index (χ3v) is 2.68. The molecule has 0 unspecified atom stereocenters. The van der Waals surface area contributed by atoms with Gasteiger partial charge in [0.1, 0.15) is 17.3 Å². The standard InChI is InChI=1S/C14H10FNO5/c15-11-6-8(18)1-3-9(11)13(19)16-12-4-2-7(17)5-10(12)14(20)21/h1-6,17-18H,(H,16,19)(H,20,21). The van der Waals surface area contributed by atoms with Crippen LogP contribution in [-0.4, -0.2) is 27.2 Å². The van der Waals surface area contributed by atoms with Gasteiger partial charge in [-0.15, -0.1) is 0 Å². The van der Waals surface area contributed by atoms with Crippen molar-refractivity contribution >= 4 is 17.6 Å². The molecule has 108 valence electrons. The van der Waals surface area contributed by atoms with Crippen LogP contribution in [0.1, 0.15) is 20.7 Å². The minimum Gasteiger partial charge on any atom is -0.508 e. The zero-order valence-electron chi connectivity index (χ0n) is 10.5. The van der Waals surface area contributed by atoms with E-state index < -0.39 is 17.7 Å². The molecule has 0 saturated heterocycles. The molecule has 0 aliphatic carbocycles. The fourth-order valence-electron chi connectivity index (χ4n) is 1.70. The number of carbonyl (C=O) groups is 2. The quantitative estimate of drug-likeness (QED) is 0.648. The van der Waals surface area contributed by atoms with Gasteiger partial charge in [0.15, 0.2) is 0 Å². The first-order valence-electron chi connectivity index (χ1n) is 5.74. The third kappa shape index (κ3) is 3.08. The molecule has 0 spiro atoms. The molecule has 21 heavy (non-hydrogen) atoms. The Kier molecular flexibility index (Phi) is 3.75. The maximum Gasteiger partial charge on any atom is 0.337 e. The number of aromatic hydroxyl groups is 2. The van der Waals surface area contributed by atoms with E-state index >= 15 is 0 Å². The second-order valence-electron chi connectivity index (χ2n) is 4.15. The molecular formula is C14H10FNO5. The molecule has 2 aromatic carbocycles. The smallest absolute Gasteiger partial charge is 0.337 e. The van der Waals surface area contributed by atoms with Gasteiger partial charge in [-0.2, -0.15) is 0 Å². The molecular weight excluding hydrogens is 281 g/mol. The maximum absolute atomic E-state index is 13.5. The Morgan fingerprint density at radius 1 is 0.952 bits per heavy atom. The maximum atomic E-state index is 13.5. The van der Waals surface area contributed by atoms with E-state index in [2.05, 4.69) is 5.32 Å². The lowest BCUT2D eigenvalue weighted by molar-refractivity contribution is 0.0697. The number of nitrogens with one attached hydrogen (secondary N) is 1. The Morgan fingerprint density at radius 3 is 2.19 bits per heavy atom. The fourth-order valence-corrected chi connectivity index (χ4v) is 1.70. The van der Waals surface area contributed by atoms with E-state index in [1.807, 2.05) is 0 Å². The molecule has 0 aliphatic heterocycles. The van der Waals surface area contributed by atoms with Crippen LogP contribution in [0.25, 0.3) is 0 Å². The largest absolute Gasteiger partial charge is 0.508 e. The van der Waals surface area contributed by atoms with Crippen molar-refractivity contribution in [3.05, 3.63) is 53.3 Å². The second kappa shape index (κ2) is 5.49. The van der Waals surface area contributed by atoms with Gasteiger partial charge >= 0.3 is 5.97 Å². The van der Waals surface area contributed by atoms with Crippen molar-refractivity contribution in [2.45, 2.75) is 0 Å². The summed E-state index contributed by atoms with van der Waals surface area (Å²) >= 11 is 0. The molecule has 0 aliphatic rings. The number of benzene rings is 2. The van der Waals surface area contributed by atoms with Crippen molar-refractivity contribution < 1.29 is 29.3 Å². The van der Waals surface area contributed by atoms with E-state index in [-0.39, 0.29) is 28.3 Å². The summed E-state index contributed by atoms with van der Waals surface area (Å²) in [6.45, 7) is 0. The molecule has 0 bridgehead atoms. The van der Waals surface area contributed by atoms with Crippen LogP contribution in [-0.2, 0) is 0 Å². The summed E-state index contributed by atoms with van der Waals surface area (Å²) in [4.78, 5) is 23.0. The highest BCUT2D eigenvalue weighted by atomic mass is 19.1. The van der Waals surface area contributed by atoms with E-state index in [9.17, 15) is 19.1 Å². The van der Waals surface area contributed by atoms with Gasteiger partial charge in [0, 0.05) is 6.07 Å². The summed E-state index contributed by atoms with van der Waals surface area (Å²) in [5.74, 6) is -3.78. The molecule has 1 amide bonds. The van der Waals surface area contributed by atoms with E-state index in [1.165, 1.54) is 12.1 Å². The van der Waals surface area contributed by atoms with Crippen LogP contribution in [0.15, 0.2) is 36.4 Å². The summed E-state index contributed by atoms with van der Waals surface area (Å²) in [7, 11) is 0. The molecule has 6 nitrogen and oxygen atoms in total. The summed E-state index contributed by atoms with van der Waals surface area (Å²) in [5.41, 5.74) is -0.766. The van der Waals surface area contributed by atoms with Crippen molar-refractivity contribution in [3.63, 3.8) is 0 Å². The number of halogens is 1. The van der Waals surface area contributed by atoms with Crippen LogP contribution in [0.2, 0.25) is 0 Å². The van der Waals surface area contributed by atoms with Gasteiger partial charge in [0.05, 0.1) is 16.8 Å². The number of carbonyl (C=O) groups excluding carboxylic acids is 1. The van der Waals surface area contributed by atoms with Crippen LogP contribution >= 0.6 is 0 Å². The van der Waals surface area contributed by atoms with Crippen LogP contribution in [0.3, 0.4) is 0 Å². The SMILES string of the molecule is O=C(Nc1ccc(O)cc1C(=O)O)c1ccc(O)cc1F. The number of aromatic carboxylic acids is 1. The number of carboxylic acid groups (broad SMARTS) is 1. The first kappa shape index (κ1) is 14.3. The van der Waals surface area contributed by atoms with Crippen molar-refractivity contribution in [1.29, 1.82) is 0 Å². The summed E-state index contributed by atoms with van der Waals surface area (Å²) < 4.78 is 13.5. The fraction of sp³-hybridized carbons (Fsp3) is 0. The summed E-state index contributed by atoms with van der Waals surface area (Å²) in [6.07, 6.45) is 0. The van der Waals surface area contributed by atoms with Crippen molar-refractivity contribution in [3.8, 4) is 11.5 Å². The molecule has 2 rings (SSSR count). The van der Waals surface area contributed by atoms with Gasteiger partial charge in [0.25, 0.3) is 5.91 Å². The minimum atomic E-state index is -1.35. The molecule has 7 heteroatoms. The van der Waals surface area contributed by atoms with Crippen molar-refractivity contribution in [2.24, 2.45) is 0 Å². The lowest BCUT2D eigenvalue weighted by atomic mass is 10.1. The Hall–Kier alpha value is -3.09. The highest BCUT2D eigenvalue weighted by molar-refractivity contribution is 6.08. The van der Waals surface area contributed by atoms with E-state index in [1.54, 1.807) is 0 Å². The third-order valence-electron chi connectivity index (χ3n) is 2.68. The molecule has 2 aromatic rings. The van der Waals surface area contributed by atoms with Crippen molar-refractivity contribution in [2.75, 3.05) is 5.32 Å². The van der Waals surface area contributed by atoms with Gasteiger partial charge in [0.2, 0.25) is 0 Å². The Morgan fingerprint density at radius 2 is 1.57 bits per heavy atom. The Labute approximate surface area is 118 Å². The summed E-state index contributed by atoms with van der Waals surface area (Å²) in [5, 5.41) is 29.6. The zero-order valence-corrected chi connectivity index (χ0v) is 10.5. The predicted octanol–water partition coefficient (Wildman–Crippen LogP) is 2.19. The topological polar surface area (TPSA) is 107 Å². The monoisotopic (exact) mass is 291 g/mol. The molecule has 0 heterocycles. The highest BCUT2D eigenvalue weighted by Gasteiger charge is 2.17. The van der Waals surface area contributed by atoms with Gasteiger partial charge in [-0.1, -0.05) is 0 Å². The lowest BCUT2D eigenvalue weighted by Gasteiger charge is -2.09. The molecule has 0 saturated carbocycles. The zero-order chi connectivity index (χ0) is 15.6. The normalized spacial score (nSPS) is 10.1. The van der Waals surface area contributed by atoms with Gasteiger partial charge in [-0.05, 0) is 30.3 Å². The van der Waals surface area contributed by atoms with Crippen LogP contribution < -0.4 is 5.32 Å². The molecule has 0 aromatic heterocycles. The van der Waals surface area contributed by atoms with Crippen molar-refractivity contribution in [1.82, 2.24) is 0 Å². The molecule has 4 N–H and O–H groups in total.